The van der Waals surface area contributed by atoms with Crippen LogP contribution in [0.25, 0.3) is 17.0 Å². The minimum atomic E-state index is -0.725. The number of nitrogens with one attached hydrogen (secondary N) is 1. The average molecular weight is 499 g/mol. The van der Waals surface area contributed by atoms with E-state index in [1.54, 1.807) is 30.0 Å². The quantitative estimate of drug-likeness (QED) is 0.401. The number of carbonyl (C=O) groups is 1. The summed E-state index contributed by atoms with van der Waals surface area (Å²) in [5, 5.41) is 6.95. The lowest BCUT2D eigenvalue weighted by Gasteiger charge is -2.35. The average Bonchev–Trinajstić information content (AvgIpc) is 3.32. The summed E-state index contributed by atoms with van der Waals surface area (Å²) in [4.78, 5) is 19.1. The largest absolute Gasteiger partial charge is 0.494 e. The lowest BCUT2D eigenvalue weighted by Crippen LogP contribution is -2.46. The standard InChI is InChI=1S/C26H28F2N4O4/c1-15(2)35-12-6-11-32-16(3)22(23(29-26(32)33)17-7-5-8-19(27)13-17)25-30-24(31-36-25)18-9-10-21(34-4)20(28)14-18/h5,7-10,13-15,23H,6,11-12H2,1-4H3,(H,29,33). The Kier molecular flexibility index (Phi) is 7.64. The Balaban J connectivity index is 1.72. The van der Waals surface area contributed by atoms with E-state index >= 15 is 0 Å². The van der Waals surface area contributed by atoms with Crippen LogP contribution in [0.15, 0.2) is 52.7 Å². The third kappa shape index (κ3) is 5.38. The van der Waals surface area contributed by atoms with Crippen LogP contribution >= 0.6 is 0 Å². The number of halogens is 2. The molecule has 1 aliphatic heterocycles. The fourth-order valence-corrected chi connectivity index (χ4v) is 4.06. The van der Waals surface area contributed by atoms with Gasteiger partial charge in [0, 0.05) is 24.4 Å². The maximum absolute atomic E-state index is 14.3. The van der Waals surface area contributed by atoms with E-state index in [4.69, 9.17) is 14.0 Å². The Bertz CT molecular complexity index is 1270. The van der Waals surface area contributed by atoms with Gasteiger partial charge in [-0.2, -0.15) is 4.98 Å². The molecule has 10 heteroatoms. The van der Waals surface area contributed by atoms with E-state index in [-0.39, 0.29) is 29.6 Å². The van der Waals surface area contributed by atoms with Gasteiger partial charge in [0.25, 0.3) is 5.89 Å². The van der Waals surface area contributed by atoms with E-state index in [0.717, 1.165) is 0 Å². The Hall–Kier alpha value is -3.79. The minimum absolute atomic E-state index is 0.0874. The summed E-state index contributed by atoms with van der Waals surface area (Å²) in [6, 6.07) is 9.25. The molecule has 8 nitrogen and oxygen atoms in total. The van der Waals surface area contributed by atoms with E-state index in [1.807, 2.05) is 13.8 Å². The first-order chi connectivity index (χ1) is 17.3. The van der Waals surface area contributed by atoms with Crippen molar-refractivity contribution >= 4 is 11.6 Å². The first kappa shape index (κ1) is 25.3. The van der Waals surface area contributed by atoms with Crippen molar-refractivity contribution in [3.05, 3.63) is 71.3 Å². The smallest absolute Gasteiger partial charge is 0.322 e. The van der Waals surface area contributed by atoms with Gasteiger partial charge in [-0.25, -0.2) is 13.6 Å². The van der Waals surface area contributed by atoms with Crippen LogP contribution in [0.3, 0.4) is 0 Å². The van der Waals surface area contributed by atoms with E-state index in [0.29, 0.717) is 42.0 Å². The van der Waals surface area contributed by atoms with Crippen molar-refractivity contribution in [1.29, 1.82) is 0 Å². The van der Waals surface area contributed by atoms with Crippen LogP contribution < -0.4 is 10.1 Å². The molecule has 1 unspecified atom stereocenters. The van der Waals surface area contributed by atoms with E-state index in [2.05, 4.69) is 15.5 Å². The first-order valence-corrected chi connectivity index (χ1v) is 11.6. The molecule has 0 radical (unpaired) electrons. The number of allylic oxidation sites excluding steroid dienone is 1. The molecule has 4 rings (SSSR count). The zero-order chi connectivity index (χ0) is 25.8. The lowest BCUT2D eigenvalue weighted by molar-refractivity contribution is 0.0736. The molecule has 0 saturated carbocycles. The Morgan fingerprint density at radius 3 is 2.69 bits per heavy atom. The van der Waals surface area contributed by atoms with Gasteiger partial charge in [-0.15, -0.1) is 0 Å². The summed E-state index contributed by atoms with van der Waals surface area (Å²) in [6.45, 7) is 6.56. The van der Waals surface area contributed by atoms with Crippen molar-refractivity contribution in [3.63, 3.8) is 0 Å². The highest BCUT2D eigenvalue weighted by Crippen LogP contribution is 2.37. The molecule has 1 atom stereocenters. The predicted octanol–water partition coefficient (Wildman–Crippen LogP) is 5.34. The monoisotopic (exact) mass is 498 g/mol. The Morgan fingerprint density at radius 1 is 1.19 bits per heavy atom. The molecule has 36 heavy (non-hydrogen) atoms. The van der Waals surface area contributed by atoms with Gasteiger partial charge in [0.15, 0.2) is 11.6 Å². The number of aromatic nitrogens is 2. The molecule has 1 aliphatic rings. The number of amides is 2. The van der Waals surface area contributed by atoms with Crippen LogP contribution in [0.5, 0.6) is 5.75 Å². The number of methoxy groups -OCH3 is 1. The maximum atomic E-state index is 14.3. The highest BCUT2D eigenvalue weighted by Gasteiger charge is 2.35. The number of rotatable bonds is 9. The van der Waals surface area contributed by atoms with Crippen LogP contribution in [-0.4, -0.2) is 47.4 Å². The normalized spacial score (nSPS) is 16.0. The SMILES string of the molecule is COc1ccc(-c2noc(C3=C(C)N(CCCOC(C)C)C(=O)NC3c3cccc(F)c3)n2)cc1F. The molecular formula is C26H28F2N4O4. The second kappa shape index (κ2) is 10.9. The third-order valence-corrected chi connectivity index (χ3v) is 5.82. The summed E-state index contributed by atoms with van der Waals surface area (Å²) in [6.07, 6.45) is 0.700. The number of carbonyl (C=O) groups excluding carboxylic acids is 1. The van der Waals surface area contributed by atoms with Gasteiger partial charge in [0.2, 0.25) is 5.82 Å². The summed E-state index contributed by atoms with van der Waals surface area (Å²) in [7, 11) is 1.38. The van der Waals surface area contributed by atoms with Crippen molar-refractivity contribution < 1.29 is 27.6 Å². The molecule has 0 bridgehead atoms. The molecular weight excluding hydrogens is 470 g/mol. The predicted molar refractivity (Wildman–Crippen MR) is 129 cm³/mol. The Morgan fingerprint density at radius 2 is 2.00 bits per heavy atom. The summed E-state index contributed by atoms with van der Waals surface area (Å²) in [5.74, 6) is -0.602. The van der Waals surface area contributed by atoms with E-state index in [1.165, 1.54) is 31.4 Å². The number of ether oxygens (including phenoxy) is 2. The highest BCUT2D eigenvalue weighted by molar-refractivity contribution is 5.86. The number of hydrogen-bond acceptors (Lipinski definition) is 6. The van der Waals surface area contributed by atoms with Gasteiger partial charge in [0.05, 0.1) is 24.8 Å². The molecule has 1 N–H and O–H groups in total. The molecule has 0 aliphatic carbocycles. The number of benzene rings is 2. The van der Waals surface area contributed by atoms with Crippen molar-refractivity contribution in [2.45, 2.75) is 39.3 Å². The molecule has 0 saturated heterocycles. The van der Waals surface area contributed by atoms with Gasteiger partial charge < -0.3 is 19.3 Å². The van der Waals surface area contributed by atoms with Crippen molar-refractivity contribution in [2.75, 3.05) is 20.3 Å². The summed E-state index contributed by atoms with van der Waals surface area (Å²) in [5.41, 5.74) is 2.04. The van der Waals surface area contributed by atoms with Crippen molar-refractivity contribution in [2.24, 2.45) is 0 Å². The second-order valence-electron chi connectivity index (χ2n) is 8.63. The van der Waals surface area contributed by atoms with Crippen LogP contribution in [0, 0.1) is 11.6 Å². The second-order valence-corrected chi connectivity index (χ2v) is 8.63. The van der Waals surface area contributed by atoms with Gasteiger partial charge >= 0.3 is 6.03 Å². The lowest BCUT2D eigenvalue weighted by atomic mass is 9.94. The number of nitrogens with zero attached hydrogens (tertiary/aromatic N) is 3. The molecule has 2 heterocycles. The van der Waals surface area contributed by atoms with Gasteiger partial charge in [-0.05, 0) is 63.1 Å². The topological polar surface area (TPSA) is 89.7 Å². The van der Waals surface area contributed by atoms with E-state index in [9.17, 15) is 13.6 Å². The zero-order valence-electron chi connectivity index (χ0n) is 20.5. The summed E-state index contributed by atoms with van der Waals surface area (Å²) >= 11 is 0. The van der Waals surface area contributed by atoms with Gasteiger partial charge in [-0.1, -0.05) is 17.3 Å². The van der Waals surface area contributed by atoms with Gasteiger partial charge in [0.1, 0.15) is 5.82 Å². The molecule has 190 valence electrons. The summed E-state index contributed by atoms with van der Waals surface area (Å²) < 4.78 is 44.5. The van der Waals surface area contributed by atoms with Gasteiger partial charge in [-0.3, -0.25) is 4.90 Å². The number of hydrogen-bond donors (Lipinski definition) is 1. The molecule has 3 aromatic rings. The first-order valence-electron chi connectivity index (χ1n) is 11.6. The minimum Gasteiger partial charge on any atom is -0.494 e. The highest BCUT2D eigenvalue weighted by atomic mass is 19.1. The maximum Gasteiger partial charge on any atom is 0.322 e. The molecule has 1 aromatic heterocycles. The van der Waals surface area contributed by atoms with E-state index < -0.39 is 17.7 Å². The molecule has 0 fully saturated rings. The van der Waals surface area contributed by atoms with Crippen molar-refractivity contribution in [1.82, 2.24) is 20.4 Å². The third-order valence-electron chi connectivity index (χ3n) is 5.82. The van der Waals surface area contributed by atoms with Crippen LogP contribution in [-0.2, 0) is 4.74 Å². The zero-order valence-corrected chi connectivity index (χ0v) is 20.5. The molecule has 2 aromatic carbocycles. The van der Waals surface area contributed by atoms with Crippen LogP contribution in [0.1, 0.15) is 44.7 Å². The Labute approximate surface area is 207 Å². The fourth-order valence-electron chi connectivity index (χ4n) is 4.06. The molecule has 0 spiro atoms. The van der Waals surface area contributed by atoms with Crippen LogP contribution in [0.2, 0.25) is 0 Å². The van der Waals surface area contributed by atoms with Crippen LogP contribution in [0.4, 0.5) is 13.6 Å². The van der Waals surface area contributed by atoms with Crippen molar-refractivity contribution in [3.8, 4) is 17.1 Å². The number of urea groups is 1. The molecule has 2 amide bonds. The fraction of sp³-hybridized carbons (Fsp3) is 0.346.